The summed E-state index contributed by atoms with van der Waals surface area (Å²) >= 11 is 0. The molecule has 0 N–H and O–H groups in total. The molecule has 3 rings (SSSR count). The zero-order chi connectivity index (χ0) is 37.8. The second-order valence-electron chi connectivity index (χ2n) is 11.5. The Balaban J connectivity index is 1.72. The zero-order valence-corrected chi connectivity index (χ0v) is 28.9. The summed E-state index contributed by atoms with van der Waals surface area (Å²) in [5.41, 5.74) is 1.20. The van der Waals surface area contributed by atoms with Gasteiger partial charge in [0.15, 0.2) is 30.7 Å². The molecule has 1 aromatic carbocycles. The standard InChI is InChI=1S/C35H40O16/c1-18(2)30(51-29(41)13-10-24-8-11-26(12-9-24)45-20(4)37)27-16-25(34(42)49-27)14-15-43-35-33(48-23(7)40)32(47-22(6)39)31(46-21(5)38)28(50-35)17-44-19(3)36/h8-14,27-28,30-33,35H,1,15-17H2,2-7H3/b13-10+,25-14-/t27-,28+,30+,31+,32-,33+,35+/m0/s1. The van der Waals surface area contributed by atoms with Crippen molar-refractivity contribution in [1.29, 1.82) is 0 Å². The summed E-state index contributed by atoms with van der Waals surface area (Å²) in [6, 6.07) is 6.40. The number of ether oxygens (including phenoxy) is 9. The highest BCUT2D eigenvalue weighted by atomic mass is 16.7. The van der Waals surface area contributed by atoms with Gasteiger partial charge in [-0.05, 0) is 42.3 Å². The Kier molecular flexibility index (Phi) is 14.6. The fourth-order valence-electron chi connectivity index (χ4n) is 5.09. The largest absolute Gasteiger partial charge is 0.463 e. The van der Waals surface area contributed by atoms with E-state index < -0.39 is 91.3 Å². The smallest absolute Gasteiger partial charge is 0.334 e. The summed E-state index contributed by atoms with van der Waals surface area (Å²) in [6.45, 7) is 10.4. The van der Waals surface area contributed by atoms with Crippen molar-refractivity contribution in [3.05, 3.63) is 59.7 Å². The third kappa shape index (κ3) is 12.5. The summed E-state index contributed by atoms with van der Waals surface area (Å²) in [5.74, 6) is -4.62. The van der Waals surface area contributed by atoms with E-state index in [-0.39, 0.29) is 18.6 Å². The molecule has 2 aliphatic rings. The lowest BCUT2D eigenvalue weighted by Gasteiger charge is -2.43. The van der Waals surface area contributed by atoms with E-state index in [1.165, 1.54) is 25.2 Å². The lowest BCUT2D eigenvalue weighted by Crippen LogP contribution is -2.62. The first-order valence-corrected chi connectivity index (χ1v) is 15.7. The van der Waals surface area contributed by atoms with Gasteiger partial charge in [-0.2, -0.15) is 0 Å². The van der Waals surface area contributed by atoms with Gasteiger partial charge in [0.25, 0.3) is 0 Å². The highest BCUT2D eigenvalue weighted by Gasteiger charge is 2.52. The van der Waals surface area contributed by atoms with Gasteiger partial charge in [-0.15, -0.1) is 0 Å². The minimum absolute atomic E-state index is 0.00684. The van der Waals surface area contributed by atoms with Crippen molar-refractivity contribution in [3.8, 4) is 5.75 Å². The molecular weight excluding hydrogens is 676 g/mol. The molecule has 2 fully saturated rings. The van der Waals surface area contributed by atoms with E-state index in [0.717, 1.165) is 27.7 Å². The number of carbonyl (C=O) groups is 7. The molecule has 2 heterocycles. The molecule has 0 aliphatic carbocycles. The van der Waals surface area contributed by atoms with Gasteiger partial charge in [0, 0.05) is 52.7 Å². The molecule has 0 bridgehead atoms. The van der Waals surface area contributed by atoms with Crippen molar-refractivity contribution in [1.82, 2.24) is 0 Å². The Morgan fingerprint density at radius 2 is 1.45 bits per heavy atom. The quantitative estimate of drug-likeness (QED) is 0.0892. The normalized spacial score (nSPS) is 24.2. The number of cyclic esters (lactones) is 1. The topological polar surface area (TPSA) is 203 Å². The van der Waals surface area contributed by atoms with Crippen molar-refractivity contribution in [2.75, 3.05) is 13.2 Å². The van der Waals surface area contributed by atoms with Crippen LogP contribution >= 0.6 is 0 Å². The Morgan fingerprint density at radius 1 is 0.843 bits per heavy atom. The van der Waals surface area contributed by atoms with Crippen LogP contribution in [-0.4, -0.2) is 97.9 Å². The van der Waals surface area contributed by atoms with E-state index in [4.69, 9.17) is 42.6 Å². The average molecular weight is 717 g/mol. The number of hydrogen-bond donors (Lipinski definition) is 0. The molecule has 0 aromatic heterocycles. The molecule has 16 heteroatoms. The Morgan fingerprint density at radius 3 is 2.02 bits per heavy atom. The number of benzene rings is 1. The van der Waals surface area contributed by atoms with Gasteiger partial charge in [0.05, 0.1) is 6.61 Å². The molecule has 0 spiro atoms. The third-order valence-corrected chi connectivity index (χ3v) is 7.10. The minimum Gasteiger partial charge on any atom is -0.463 e. The first-order chi connectivity index (χ1) is 24.0. The predicted octanol–water partition coefficient (Wildman–Crippen LogP) is 2.45. The molecule has 2 saturated heterocycles. The lowest BCUT2D eigenvalue weighted by atomic mass is 9.98. The van der Waals surface area contributed by atoms with Crippen LogP contribution in [-0.2, 0) is 71.5 Å². The molecule has 0 unspecified atom stereocenters. The van der Waals surface area contributed by atoms with E-state index in [1.807, 2.05) is 0 Å². The van der Waals surface area contributed by atoms with Crippen LogP contribution < -0.4 is 4.74 Å². The minimum atomic E-state index is -1.45. The molecule has 0 amide bonds. The molecule has 0 saturated carbocycles. The van der Waals surface area contributed by atoms with Crippen LogP contribution in [0, 0.1) is 0 Å². The van der Waals surface area contributed by atoms with Crippen molar-refractivity contribution in [3.63, 3.8) is 0 Å². The van der Waals surface area contributed by atoms with Gasteiger partial charge >= 0.3 is 41.8 Å². The molecule has 2 aliphatic heterocycles. The van der Waals surface area contributed by atoms with E-state index in [0.29, 0.717) is 16.9 Å². The molecular formula is C35H40O16. The fraction of sp³-hybridized carbons (Fsp3) is 0.457. The van der Waals surface area contributed by atoms with E-state index in [2.05, 4.69) is 6.58 Å². The molecule has 1 aromatic rings. The summed E-state index contributed by atoms with van der Waals surface area (Å²) in [4.78, 5) is 84.1. The summed E-state index contributed by atoms with van der Waals surface area (Å²) < 4.78 is 48.9. The number of esters is 7. The number of rotatable bonds is 14. The highest BCUT2D eigenvalue weighted by Crippen LogP contribution is 2.31. The van der Waals surface area contributed by atoms with Gasteiger partial charge < -0.3 is 42.6 Å². The monoisotopic (exact) mass is 716 g/mol. The molecule has 16 nitrogen and oxygen atoms in total. The van der Waals surface area contributed by atoms with Crippen molar-refractivity contribution < 1.29 is 76.2 Å². The predicted molar refractivity (Wildman–Crippen MR) is 172 cm³/mol. The average Bonchev–Trinajstić information content (AvgIpc) is 3.39. The van der Waals surface area contributed by atoms with E-state index in [9.17, 15) is 33.6 Å². The third-order valence-electron chi connectivity index (χ3n) is 7.10. The number of carbonyl (C=O) groups excluding carboxylic acids is 7. The second kappa shape index (κ2) is 18.6. The van der Waals surface area contributed by atoms with Gasteiger partial charge in [-0.3, -0.25) is 24.0 Å². The zero-order valence-electron chi connectivity index (χ0n) is 28.9. The summed E-state index contributed by atoms with van der Waals surface area (Å²) in [7, 11) is 0. The van der Waals surface area contributed by atoms with Crippen LogP contribution in [0.15, 0.2) is 54.1 Å². The Bertz CT molecular complexity index is 1560. The van der Waals surface area contributed by atoms with Gasteiger partial charge in [0.2, 0.25) is 0 Å². The first-order valence-electron chi connectivity index (χ1n) is 15.7. The van der Waals surface area contributed by atoms with Gasteiger partial charge in [0.1, 0.15) is 24.6 Å². The Labute approximate surface area is 293 Å². The van der Waals surface area contributed by atoms with Crippen LogP contribution in [0.1, 0.15) is 53.5 Å². The first kappa shape index (κ1) is 40.1. The molecule has 276 valence electrons. The van der Waals surface area contributed by atoms with Crippen molar-refractivity contribution >= 4 is 47.9 Å². The molecule has 0 radical (unpaired) electrons. The van der Waals surface area contributed by atoms with E-state index in [1.54, 1.807) is 31.2 Å². The van der Waals surface area contributed by atoms with E-state index >= 15 is 0 Å². The van der Waals surface area contributed by atoms with Gasteiger partial charge in [-0.1, -0.05) is 18.7 Å². The van der Waals surface area contributed by atoms with Gasteiger partial charge in [-0.25, -0.2) is 9.59 Å². The lowest BCUT2D eigenvalue weighted by molar-refractivity contribution is -0.306. The Hall–Kier alpha value is -5.35. The summed E-state index contributed by atoms with van der Waals surface area (Å²) in [5, 5.41) is 0. The van der Waals surface area contributed by atoms with Crippen LogP contribution in [0.2, 0.25) is 0 Å². The van der Waals surface area contributed by atoms with Crippen LogP contribution in [0.5, 0.6) is 5.75 Å². The second-order valence-corrected chi connectivity index (χ2v) is 11.5. The maximum Gasteiger partial charge on any atom is 0.334 e. The highest BCUT2D eigenvalue weighted by molar-refractivity contribution is 5.91. The maximum absolute atomic E-state index is 12.8. The fourth-order valence-corrected chi connectivity index (χ4v) is 5.09. The van der Waals surface area contributed by atoms with Crippen LogP contribution in [0.25, 0.3) is 6.08 Å². The molecule has 7 atom stereocenters. The number of hydrogen-bond acceptors (Lipinski definition) is 16. The summed E-state index contributed by atoms with van der Waals surface area (Å²) in [6.07, 6.45) is -4.74. The van der Waals surface area contributed by atoms with Crippen LogP contribution in [0.4, 0.5) is 0 Å². The van der Waals surface area contributed by atoms with Crippen molar-refractivity contribution in [2.45, 2.75) is 90.9 Å². The van der Waals surface area contributed by atoms with Crippen LogP contribution in [0.3, 0.4) is 0 Å². The SMILES string of the molecule is C=C(C)[C@@H](OC(=O)/C=C/c1ccc(OC(C)=O)cc1)[C@@H]1C/C(=C/CO[C@@H]2O[C@H](COC(C)=O)[C@@H](OC(C)=O)[C@H](OC(C)=O)[C@H]2OC(C)=O)C(=O)O1. The maximum atomic E-state index is 12.8. The van der Waals surface area contributed by atoms with Crippen molar-refractivity contribution in [2.24, 2.45) is 0 Å². The molecule has 51 heavy (non-hydrogen) atoms.